The number of benzene rings is 2. The number of ether oxygens (including phenoxy) is 1. The lowest BCUT2D eigenvalue weighted by Gasteiger charge is -2.41. The van der Waals surface area contributed by atoms with Gasteiger partial charge in [-0.15, -0.1) is 0 Å². The summed E-state index contributed by atoms with van der Waals surface area (Å²) in [7, 11) is -3.94. The fourth-order valence-electron chi connectivity index (χ4n) is 4.40. The molecule has 11 heteroatoms. The number of carbonyl (C=O) groups excluding carboxylic acids is 1. The molecule has 2 aromatic rings. The Morgan fingerprint density at radius 2 is 1.50 bits per heavy atom. The highest BCUT2D eigenvalue weighted by molar-refractivity contribution is 7.90. The number of hydrogen-bond donors (Lipinski definition) is 1. The van der Waals surface area contributed by atoms with Gasteiger partial charge in [0, 0.05) is 42.3 Å². The van der Waals surface area contributed by atoms with Gasteiger partial charge in [-0.1, -0.05) is 34.8 Å². The van der Waals surface area contributed by atoms with Gasteiger partial charge in [0.2, 0.25) is 0 Å². The van der Waals surface area contributed by atoms with E-state index in [-0.39, 0.29) is 11.0 Å². The molecular formula is C23H26Cl3N3O4S. The first-order valence-corrected chi connectivity index (χ1v) is 13.8. The Balaban J connectivity index is 1.23. The summed E-state index contributed by atoms with van der Waals surface area (Å²) in [5.74, 6) is 0.650. The van der Waals surface area contributed by atoms with Crippen LogP contribution in [0.1, 0.15) is 25.7 Å². The predicted octanol–water partition coefficient (Wildman–Crippen LogP) is 5.05. The molecule has 0 saturated carbocycles. The Labute approximate surface area is 215 Å². The van der Waals surface area contributed by atoms with Crippen molar-refractivity contribution in [1.29, 1.82) is 0 Å². The molecule has 184 valence electrons. The molecule has 2 heterocycles. The van der Waals surface area contributed by atoms with Crippen molar-refractivity contribution in [3.8, 4) is 5.75 Å². The van der Waals surface area contributed by atoms with E-state index in [2.05, 4.69) is 9.62 Å². The molecule has 2 aliphatic rings. The van der Waals surface area contributed by atoms with Crippen molar-refractivity contribution in [2.24, 2.45) is 0 Å². The zero-order chi connectivity index (χ0) is 24.3. The molecule has 0 unspecified atom stereocenters. The van der Waals surface area contributed by atoms with Crippen LogP contribution in [0.5, 0.6) is 5.75 Å². The Kier molecular flexibility index (Phi) is 8.15. The minimum absolute atomic E-state index is 0.00473. The number of sulfonamides is 1. The highest BCUT2D eigenvalue weighted by Gasteiger charge is 2.31. The molecule has 34 heavy (non-hydrogen) atoms. The predicted molar refractivity (Wildman–Crippen MR) is 133 cm³/mol. The number of carbonyl (C=O) groups is 1. The van der Waals surface area contributed by atoms with Crippen molar-refractivity contribution in [1.82, 2.24) is 14.5 Å². The zero-order valence-electron chi connectivity index (χ0n) is 18.4. The maximum Gasteiger partial charge on any atom is 0.331 e. The van der Waals surface area contributed by atoms with Crippen LogP contribution in [0.15, 0.2) is 47.4 Å². The Morgan fingerprint density at radius 1 is 0.882 bits per heavy atom. The lowest BCUT2D eigenvalue weighted by molar-refractivity contribution is 0.0540. The largest absolute Gasteiger partial charge is 0.489 e. The summed E-state index contributed by atoms with van der Waals surface area (Å²) < 4.78 is 33.2. The highest BCUT2D eigenvalue weighted by atomic mass is 35.5. The molecule has 0 atom stereocenters. The van der Waals surface area contributed by atoms with Crippen LogP contribution in [-0.2, 0) is 10.0 Å². The Bertz CT molecular complexity index is 1110. The van der Waals surface area contributed by atoms with E-state index >= 15 is 0 Å². The standard InChI is InChI=1S/C23H26Cl3N3O4S/c24-16-1-4-20(5-2-16)34(31,32)27-23(30)29-11-7-18(8-12-29)28-13-9-19(10-14-28)33-22-6-3-17(25)15-21(22)26/h1-6,15,18-19H,7-14H2,(H,27,30). The maximum absolute atomic E-state index is 12.6. The van der Waals surface area contributed by atoms with Gasteiger partial charge in [-0.2, -0.15) is 0 Å². The Morgan fingerprint density at radius 3 is 2.12 bits per heavy atom. The van der Waals surface area contributed by atoms with Gasteiger partial charge in [0.1, 0.15) is 11.9 Å². The summed E-state index contributed by atoms with van der Waals surface area (Å²) in [6.07, 6.45) is 3.46. The summed E-state index contributed by atoms with van der Waals surface area (Å²) >= 11 is 18.0. The minimum atomic E-state index is -3.94. The number of hydrogen-bond acceptors (Lipinski definition) is 5. The first kappa shape index (κ1) is 25.4. The van der Waals surface area contributed by atoms with Gasteiger partial charge >= 0.3 is 6.03 Å². The molecule has 0 bridgehead atoms. The first-order valence-electron chi connectivity index (χ1n) is 11.1. The van der Waals surface area contributed by atoms with E-state index in [1.165, 1.54) is 24.3 Å². The van der Waals surface area contributed by atoms with Crippen LogP contribution in [-0.4, -0.2) is 62.6 Å². The lowest BCUT2D eigenvalue weighted by atomic mass is 9.99. The van der Waals surface area contributed by atoms with Crippen molar-refractivity contribution >= 4 is 50.9 Å². The number of likely N-dealkylation sites (tertiary alicyclic amines) is 2. The average Bonchev–Trinajstić information content (AvgIpc) is 2.81. The van der Waals surface area contributed by atoms with Crippen LogP contribution in [0.2, 0.25) is 15.1 Å². The fraction of sp³-hybridized carbons (Fsp3) is 0.435. The van der Waals surface area contributed by atoms with Gasteiger partial charge in [-0.3, -0.25) is 4.90 Å². The number of nitrogens with zero attached hydrogens (tertiary/aromatic N) is 2. The van der Waals surface area contributed by atoms with E-state index in [0.29, 0.717) is 39.9 Å². The molecule has 2 aromatic carbocycles. The summed E-state index contributed by atoms with van der Waals surface area (Å²) in [6, 6.07) is 10.7. The molecular weight excluding hydrogens is 521 g/mol. The van der Waals surface area contributed by atoms with Crippen molar-refractivity contribution in [2.75, 3.05) is 26.2 Å². The summed E-state index contributed by atoms with van der Waals surface area (Å²) in [5, 5.41) is 1.52. The van der Waals surface area contributed by atoms with E-state index in [9.17, 15) is 13.2 Å². The molecule has 2 aliphatic heterocycles. The zero-order valence-corrected chi connectivity index (χ0v) is 21.5. The van der Waals surface area contributed by atoms with Gasteiger partial charge in [-0.25, -0.2) is 17.9 Å². The van der Waals surface area contributed by atoms with Crippen LogP contribution in [0, 0.1) is 0 Å². The summed E-state index contributed by atoms with van der Waals surface area (Å²) in [6.45, 7) is 2.81. The maximum atomic E-state index is 12.6. The third kappa shape index (κ3) is 6.29. The van der Waals surface area contributed by atoms with E-state index in [0.717, 1.165) is 38.8 Å². The minimum Gasteiger partial charge on any atom is -0.489 e. The highest BCUT2D eigenvalue weighted by Crippen LogP contribution is 2.30. The van der Waals surface area contributed by atoms with Gasteiger partial charge < -0.3 is 9.64 Å². The molecule has 7 nitrogen and oxygen atoms in total. The molecule has 2 fully saturated rings. The van der Waals surface area contributed by atoms with Crippen molar-refractivity contribution in [3.05, 3.63) is 57.5 Å². The second-order valence-corrected chi connectivity index (χ2v) is 11.5. The molecule has 0 aromatic heterocycles. The molecule has 4 rings (SSSR count). The van der Waals surface area contributed by atoms with Gasteiger partial charge in [0.25, 0.3) is 10.0 Å². The number of amides is 2. The monoisotopic (exact) mass is 545 g/mol. The second kappa shape index (κ2) is 10.9. The third-order valence-corrected chi connectivity index (χ3v) is 8.40. The van der Waals surface area contributed by atoms with Crippen molar-refractivity contribution < 1.29 is 17.9 Å². The molecule has 1 N–H and O–H groups in total. The SMILES string of the molecule is O=C(NS(=O)(=O)c1ccc(Cl)cc1)N1CCC(N2CCC(Oc3ccc(Cl)cc3Cl)CC2)CC1. The van der Waals surface area contributed by atoms with Gasteiger partial charge in [-0.05, 0) is 68.1 Å². The van der Waals surface area contributed by atoms with E-state index in [1.54, 1.807) is 23.1 Å². The summed E-state index contributed by atoms with van der Waals surface area (Å²) in [4.78, 5) is 16.6. The molecule has 0 radical (unpaired) electrons. The first-order chi connectivity index (χ1) is 16.2. The molecule has 0 spiro atoms. The average molecular weight is 547 g/mol. The van der Waals surface area contributed by atoms with Gasteiger partial charge in [0.05, 0.1) is 9.92 Å². The van der Waals surface area contributed by atoms with E-state index in [1.807, 2.05) is 0 Å². The third-order valence-electron chi connectivity index (χ3n) is 6.28. The fourth-order valence-corrected chi connectivity index (χ4v) is 5.95. The van der Waals surface area contributed by atoms with Crippen molar-refractivity contribution in [2.45, 2.75) is 42.7 Å². The van der Waals surface area contributed by atoms with Crippen LogP contribution >= 0.6 is 34.8 Å². The van der Waals surface area contributed by atoms with Crippen LogP contribution < -0.4 is 9.46 Å². The van der Waals surface area contributed by atoms with Crippen LogP contribution in [0.4, 0.5) is 4.79 Å². The lowest BCUT2D eigenvalue weighted by Crippen LogP contribution is -2.52. The number of urea groups is 1. The number of nitrogens with one attached hydrogen (secondary N) is 1. The number of halogens is 3. The van der Waals surface area contributed by atoms with Gasteiger partial charge in [0.15, 0.2) is 0 Å². The quantitative estimate of drug-likeness (QED) is 0.568. The molecule has 2 saturated heterocycles. The van der Waals surface area contributed by atoms with E-state index in [4.69, 9.17) is 39.5 Å². The number of piperidine rings is 2. The van der Waals surface area contributed by atoms with Crippen LogP contribution in [0.3, 0.4) is 0 Å². The number of rotatable bonds is 5. The molecule has 0 aliphatic carbocycles. The summed E-state index contributed by atoms with van der Waals surface area (Å²) in [5.41, 5.74) is 0. The smallest absolute Gasteiger partial charge is 0.331 e. The normalized spacial score (nSPS) is 18.6. The second-order valence-electron chi connectivity index (χ2n) is 8.51. The molecule has 2 amide bonds. The van der Waals surface area contributed by atoms with E-state index < -0.39 is 16.1 Å². The topological polar surface area (TPSA) is 79.0 Å². The van der Waals surface area contributed by atoms with Crippen molar-refractivity contribution in [3.63, 3.8) is 0 Å². The Hall–Kier alpha value is -1.71. The van der Waals surface area contributed by atoms with Crippen LogP contribution in [0.25, 0.3) is 0 Å².